The van der Waals surface area contributed by atoms with Gasteiger partial charge in [-0.05, 0) is 30.7 Å². The molecule has 0 saturated heterocycles. The van der Waals surface area contributed by atoms with Crippen LogP contribution in [0, 0.1) is 0 Å². The van der Waals surface area contributed by atoms with E-state index in [1.807, 2.05) is 30.5 Å². The van der Waals surface area contributed by atoms with E-state index in [2.05, 4.69) is 27.5 Å². The second-order valence-electron chi connectivity index (χ2n) is 6.11. The summed E-state index contributed by atoms with van der Waals surface area (Å²) in [7, 11) is 3.45. The first-order valence-electron chi connectivity index (χ1n) is 9.02. The van der Waals surface area contributed by atoms with Crippen molar-refractivity contribution in [2.75, 3.05) is 32.9 Å². The molecule has 28 heavy (non-hydrogen) atoms. The number of nitrogens with zero attached hydrogens (tertiary/aromatic N) is 3. The number of carbonyl (C=O) groups is 1. The van der Waals surface area contributed by atoms with E-state index in [0.717, 1.165) is 27.1 Å². The molecule has 0 bridgehead atoms. The van der Waals surface area contributed by atoms with Gasteiger partial charge in [0, 0.05) is 47.4 Å². The summed E-state index contributed by atoms with van der Waals surface area (Å²) in [5, 5.41) is 8.28. The van der Waals surface area contributed by atoms with Gasteiger partial charge in [-0.25, -0.2) is 9.98 Å². The van der Waals surface area contributed by atoms with Gasteiger partial charge in [0.25, 0.3) is 0 Å². The van der Waals surface area contributed by atoms with Crippen molar-refractivity contribution in [3.05, 3.63) is 45.4 Å². The van der Waals surface area contributed by atoms with E-state index in [1.165, 1.54) is 9.78 Å². The fraction of sp³-hybridized carbons (Fsp3) is 0.421. The van der Waals surface area contributed by atoms with E-state index in [0.29, 0.717) is 19.0 Å². The van der Waals surface area contributed by atoms with Gasteiger partial charge in [0.1, 0.15) is 11.6 Å². The lowest BCUT2D eigenvalue weighted by molar-refractivity contribution is -0.127. The highest BCUT2D eigenvalue weighted by Crippen LogP contribution is 2.19. The Morgan fingerprint density at radius 2 is 2.04 bits per heavy atom. The molecule has 0 aliphatic carbocycles. The van der Waals surface area contributed by atoms with Gasteiger partial charge in [-0.2, -0.15) is 0 Å². The summed E-state index contributed by atoms with van der Waals surface area (Å²) < 4.78 is 0. The first-order chi connectivity index (χ1) is 13.5. The number of aliphatic imine (C=N–C) groups is 1. The molecule has 0 atom stereocenters. The topological polar surface area (TPSA) is 69.6 Å². The number of thioether (sulfide) groups is 1. The van der Waals surface area contributed by atoms with Crippen LogP contribution in [0.1, 0.15) is 16.8 Å². The van der Waals surface area contributed by atoms with Gasteiger partial charge in [0.05, 0.1) is 6.54 Å². The summed E-state index contributed by atoms with van der Waals surface area (Å²) in [5.74, 6) is 1.43. The van der Waals surface area contributed by atoms with E-state index in [9.17, 15) is 4.79 Å². The highest BCUT2D eigenvalue weighted by Gasteiger charge is 2.06. The summed E-state index contributed by atoms with van der Waals surface area (Å²) in [6.45, 7) is 3.51. The summed E-state index contributed by atoms with van der Waals surface area (Å²) >= 11 is 9.33. The van der Waals surface area contributed by atoms with Gasteiger partial charge < -0.3 is 15.5 Å². The Morgan fingerprint density at radius 1 is 1.29 bits per heavy atom. The predicted octanol–water partition coefficient (Wildman–Crippen LogP) is 3.27. The molecular weight excluding hydrogens is 414 g/mol. The Balaban J connectivity index is 1.86. The highest BCUT2D eigenvalue weighted by molar-refractivity contribution is 7.99. The monoisotopic (exact) mass is 439 g/mol. The zero-order chi connectivity index (χ0) is 20.4. The molecule has 0 fully saturated rings. The smallest absolute Gasteiger partial charge is 0.243 e. The molecule has 0 spiro atoms. The number of benzene rings is 1. The number of carbonyl (C=O) groups excluding carboxylic acids is 1. The maximum Gasteiger partial charge on any atom is 0.243 e. The first kappa shape index (κ1) is 22.5. The Kier molecular flexibility index (Phi) is 9.60. The van der Waals surface area contributed by atoms with E-state index >= 15 is 0 Å². The van der Waals surface area contributed by atoms with Crippen LogP contribution in [-0.2, 0) is 17.8 Å². The van der Waals surface area contributed by atoms with Crippen LogP contribution in [-0.4, -0.2) is 54.7 Å². The molecule has 6 nitrogen and oxygen atoms in total. The largest absolute Gasteiger partial charge is 0.356 e. The molecule has 9 heteroatoms. The quantitative estimate of drug-likeness (QED) is 0.271. The zero-order valence-electron chi connectivity index (χ0n) is 16.4. The average molecular weight is 440 g/mol. The van der Waals surface area contributed by atoms with E-state index in [1.54, 1.807) is 37.2 Å². The van der Waals surface area contributed by atoms with E-state index in [-0.39, 0.29) is 12.5 Å². The molecule has 0 aliphatic heterocycles. The minimum atomic E-state index is -0.0424. The van der Waals surface area contributed by atoms with Gasteiger partial charge in [-0.15, -0.1) is 23.1 Å². The van der Waals surface area contributed by atoms with Crippen LogP contribution in [0.25, 0.3) is 0 Å². The minimum Gasteiger partial charge on any atom is -0.356 e. The Hall–Kier alpha value is -1.77. The van der Waals surface area contributed by atoms with Crippen molar-refractivity contribution in [1.82, 2.24) is 20.5 Å². The van der Waals surface area contributed by atoms with Gasteiger partial charge in [0.2, 0.25) is 5.91 Å². The van der Waals surface area contributed by atoms with Gasteiger partial charge in [0.15, 0.2) is 5.96 Å². The predicted molar refractivity (Wildman–Crippen MR) is 120 cm³/mol. The SMILES string of the molecule is CCc1cnc(CNC(=NCC(=O)N(C)C)NCCSc2ccc(Cl)cc2)s1. The first-order valence-corrected chi connectivity index (χ1v) is 11.2. The van der Waals surface area contributed by atoms with Crippen LogP contribution < -0.4 is 10.6 Å². The number of hydrogen-bond donors (Lipinski definition) is 2. The lowest BCUT2D eigenvalue weighted by Gasteiger charge is -2.13. The molecular formula is C19H26ClN5OS2. The molecule has 152 valence electrons. The van der Waals surface area contributed by atoms with Gasteiger partial charge in [-0.1, -0.05) is 18.5 Å². The lowest BCUT2D eigenvalue weighted by atomic mass is 10.4. The molecule has 0 radical (unpaired) electrons. The maximum absolute atomic E-state index is 11.8. The molecule has 1 amide bonds. The number of aromatic nitrogens is 1. The Bertz CT molecular complexity index is 777. The number of amides is 1. The fourth-order valence-corrected chi connectivity index (χ4v) is 3.78. The van der Waals surface area contributed by atoms with Crippen molar-refractivity contribution in [2.45, 2.75) is 24.8 Å². The van der Waals surface area contributed by atoms with Crippen LogP contribution in [0.4, 0.5) is 0 Å². The fourth-order valence-electron chi connectivity index (χ4n) is 2.08. The summed E-state index contributed by atoms with van der Waals surface area (Å²) in [4.78, 5) is 24.6. The molecule has 0 aliphatic rings. The lowest BCUT2D eigenvalue weighted by Crippen LogP contribution is -2.39. The number of rotatable bonds is 9. The molecule has 1 aromatic carbocycles. The third-order valence-corrected chi connectivity index (χ3v) is 6.11. The van der Waals surface area contributed by atoms with Crippen molar-refractivity contribution < 1.29 is 4.79 Å². The van der Waals surface area contributed by atoms with Crippen LogP contribution in [0.15, 0.2) is 40.4 Å². The highest BCUT2D eigenvalue weighted by atomic mass is 35.5. The number of hydrogen-bond acceptors (Lipinski definition) is 5. The van der Waals surface area contributed by atoms with E-state index in [4.69, 9.17) is 11.6 Å². The molecule has 1 aromatic heterocycles. The number of likely N-dealkylation sites (N-methyl/N-ethyl adjacent to an activating group) is 1. The van der Waals surface area contributed by atoms with Gasteiger partial charge in [-0.3, -0.25) is 4.79 Å². The zero-order valence-corrected chi connectivity index (χ0v) is 18.8. The number of nitrogens with one attached hydrogen (secondary N) is 2. The van der Waals surface area contributed by atoms with Crippen LogP contribution in [0.2, 0.25) is 5.02 Å². The summed E-state index contributed by atoms with van der Waals surface area (Å²) in [5.41, 5.74) is 0. The summed E-state index contributed by atoms with van der Waals surface area (Å²) in [6, 6.07) is 7.78. The van der Waals surface area contributed by atoms with Crippen LogP contribution >= 0.6 is 34.7 Å². The third kappa shape index (κ3) is 8.08. The van der Waals surface area contributed by atoms with E-state index < -0.39 is 0 Å². The Morgan fingerprint density at radius 3 is 2.68 bits per heavy atom. The minimum absolute atomic E-state index is 0.0424. The molecule has 0 saturated carbocycles. The number of guanidine groups is 1. The molecule has 2 rings (SSSR count). The average Bonchev–Trinajstić information content (AvgIpc) is 3.15. The van der Waals surface area contributed by atoms with Crippen LogP contribution in [0.3, 0.4) is 0 Å². The van der Waals surface area contributed by atoms with Crippen LogP contribution in [0.5, 0.6) is 0 Å². The Labute approximate surface area is 179 Å². The maximum atomic E-state index is 11.8. The molecule has 2 N–H and O–H groups in total. The normalized spacial score (nSPS) is 11.4. The number of aryl methyl sites for hydroxylation is 1. The van der Waals surface area contributed by atoms with Crippen molar-refractivity contribution in [3.8, 4) is 0 Å². The third-order valence-electron chi connectivity index (χ3n) is 3.71. The van der Waals surface area contributed by atoms with Crippen molar-refractivity contribution in [2.24, 2.45) is 4.99 Å². The second-order valence-corrected chi connectivity index (χ2v) is 8.91. The summed E-state index contributed by atoms with van der Waals surface area (Å²) in [6.07, 6.45) is 2.89. The molecule has 2 aromatic rings. The van der Waals surface area contributed by atoms with Crippen molar-refractivity contribution in [1.29, 1.82) is 0 Å². The second kappa shape index (κ2) is 11.9. The standard InChI is InChI=1S/C19H26ClN5OS2/c1-4-15-11-22-17(28-15)12-23-19(24-13-18(26)25(2)3)21-9-10-27-16-7-5-14(20)6-8-16/h5-8,11H,4,9-10,12-13H2,1-3H3,(H2,21,23,24). The molecule has 0 unspecified atom stereocenters. The molecule has 1 heterocycles. The van der Waals surface area contributed by atoms with Crippen molar-refractivity contribution in [3.63, 3.8) is 0 Å². The van der Waals surface area contributed by atoms with Gasteiger partial charge >= 0.3 is 0 Å². The van der Waals surface area contributed by atoms with Crippen molar-refractivity contribution >= 4 is 46.6 Å². The number of thiazole rings is 1. The number of halogens is 1.